The molecule has 0 unspecified atom stereocenters. The Kier molecular flexibility index (Phi) is 3.48. The third kappa shape index (κ3) is 2.74. The molecule has 0 fully saturated rings. The lowest BCUT2D eigenvalue weighted by molar-refractivity contribution is -0.137. The first-order chi connectivity index (χ1) is 10.5. The fourth-order valence-electron chi connectivity index (χ4n) is 2.16. The molecular formula is C15H12F3N3O. The lowest BCUT2D eigenvalue weighted by Crippen LogP contribution is -2.05. The number of pyridine rings is 1. The normalized spacial score (nSPS) is 11.8. The van der Waals surface area contributed by atoms with Crippen molar-refractivity contribution in [3.05, 3.63) is 59.5 Å². The summed E-state index contributed by atoms with van der Waals surface area (Å²) >= 11 is 0. The number of halogens is 3. The van der Waals surface area contributed by atoms with Crippen molar-refractivity contribution in [3.8, 4) is 5.75 Å². The summed E-state index contributed by atoms with van der Waals surface area (Å²) in [6, 6.07) is 8.56. The summed E-state index contributed by atoms with van der Waals surface area (Å²) in [5.74, 6) is 1.32. The minimum atomic E-state index is -4.32. The minimum absolute atomic E-state index is 0.394. The summed E-state index contributed by atoms with van der Waals surface area (Å²) < 4.78 is 44.5. The smallest absolute Gasteiger partial charge is 0.416 e. The molecule has 0 aliphatic rings. The van der Waals surface area contributed by atoms with Gasteiger partial charge in [-0.25, -0.2) is 0 Å². The van der Waals surface area contributed by atoms with Gasteiger partial charge in [0, 0.05) is 18.7 Å². The fraction of sp³-hybridized carbons (Fsp3) is 0.200. The molecule has 0 aliphatic heterocycles. The van der Waals surface area contributed by atoms with Crippen molar-refractivity contribution in [3.63, 3.8) is 0 Å². The van der Waals surface area contributed by atoms with E-state index < -0.39 is 11.7 Å². The first-order valence-corrected chi connectivity index (χ1v) is 6.51. The first-order valence-electron chi connectivity index (χ1n) is 6.51. The molecule has 114 valence electrons. The van der Waals surface area contributed by atoms with Gasteiger partial charge in [-0.15, -0.1) is 10.2 Å². The van der Waals surface area contributed by atoms with Crippen LogP contribution in [-0.2, 0) is 12.6 Å². The number of benzene rings is 1. The van der Waals surface area contributed by atoms with Crippen LogP contribution >= 0.6 is 0 Å². The van der Waals surface area contributed by atoms with Gasteiger partial charge in [0.15, 0.2) is 5.65 Å². The van der Waals surface area contributed by atoms with Gasteiger partial charge in [-0.05, 0) is 23.8 Å². The Morgan fingerprint density at radius 2 is 1.82 bits per heavy atom. The quantitative estimate of drug-likeness (QED) is 0.745. The standard InChI is InChI=1S/C15H12F3N3O/c1-22-12-6-7-21-13(19-20-14(21)9-12)8-10-2-4-11(5-3-10)15(16,17)18/h2-7,9H,8H2,1H3. The molecule has 0 aliphatic carbocycles. The molecule has 1 aromatic carbocycles. The fourth-order valence-corrected chi connectivity index (χ4v) is 2.16. The van der Waals surface area contributed by atoms with Gasteiger partial charge in [-0.3, -0.25) is 4.40 Å². The van der Waals surface area contributed by atoms with Crippen molar-refractivity contribution < 1.29 is 17.9 Å². The van der Waals surface area contributed by atoms with Crippen molar-refractivity contribution in [2.45, 2.75) is 12.6 Å². The van der Waals surface area contributed by atoms with Crippen LogP contribution in [0.2, 0.25) is 0 Å². The van der Waals surface area contributed by atoms with Gasteiger partial charge in [0.2, 0.25) is 0 Å². The average molecular weight is 307 g/mol. The van der Waals surface area contributed by atoms with Crippen LogP contribution in [-0.4, -0.2) is 21.7 Å². The van der Waals surface area contributed by atoms with E-state index in [0.29, 0.717) is 23.6 Å². The van der Waals surface area contributed by atoms with Gasteiger partial charge in [0.1, 0.15) is 11.6 Å². The molecule has 0 atom stereocenters. The van der Waals surface area contributed by atoms with E-state index >= 15 is 0 Å². The zero-order valence-electron chi connectivity index (χ0n) is 11.6. The largest absolute Gasteiger partial charge is 0.497 e. The Morgan fingerprint density at radius 1 is 1.09 bits per heavy atom. The second-order valence-electron chi connectivity index (χ2n) is 4.78. The molecule has 0 bridgehead atoms. The number of ether oxygens (including phenoxy) is 1. The number of hydrogen-bond acceptors (Lipinski definition) is 3. The van der Waals surface area contributed by atoms with E-state index in [1.165, 1.54) is 12.1 Å². The second kappa shape index (κ2) is 5.32. The summed E-state index contributed by atoms with van der Waals surface area (Å²) in [6.07, 6.45) is -2.16. The van der Waals surface area contributed by atoms with Crippen LogP contribution in [0, 0.1) is 0 Å². The van der Waals surface area contributed by atoms with E-state index in [2.05, 4.69) is 10.2 Å². The summed E-state index contributed by atoms with van der Waals surface area (Å²) in [5, 5.41) is 8.11. The number of rotatable bonds is 3. The third-order valence-corrected chi connectivity index (χ3v) is 3.33. The first kappa shape index (κ1) is 14.4. The van der Waals surface area contributed by atoms with E-state index in [9.17, 15) is 13.2 Å². The zero-order valence-corrected chi connectivity index (χ0v) is 11.6. The van der Waals surface area contributed by atoms with Crippen molar-refractivity contribution >= 4 is 5.65 Å². The Hall–Kier alpha value is -2.57. The minimum Gasteiger partial charge on any atom is -0.497 e. The summed E-state index contributed by atoms with van der Waals surface area (Å²) in [5.41, 5.74) is 0.700. The monoisotopic (exact) mass is 307 g/mol. The van der Waals surface area contributed by atoms with Gasteiger partial charge in [0.25, 0.3) is 0 Å². The highest BCUT2D eigenvalue weighted by molar-refractivity contribution is 5.44. The van der Waals surface area contributed by atoms with E-state index in [-0.39, 0.29) is 0 Å². The molecule has 22 heavy (non-hydrogen) atoms. The van der Waals surface area contributed by atoms with E-state index in [4.69, 9.17) is 4.74 Å². The Balaban J connectivity index is 1.87. The van der Waals surface area contributed by atoms with Crippen LogP contribution in [0.15, 0.2) is 42.6 Å². The Morgan fingerprint density at radius 3 is 2.45 bits per heavy atom. The molecule has 0 radical (unpaired) electrons. The number of aromatic nitrogens is 3. The maximum Gasteiger partial charge on any atom is 0.416 e. The molecule has 2 heterocycles. The van der Waals surface area contributed by atoms with Gasteiger partial charge in [-0.2, -0.15) is 13.2 Å². The van der Waals surface area contributed by atoms with Crippen molar-refractivity contribution in [2.75, 3.05) is 7.11 Å². The summed E-state index contributed by atoms with van der Waals surface area (Å²) in [7, 11) is 1.56. The number of fused-ring (bicyclic) bond motifs is 1. The molecule has 0 amide bonds. The molecule has 0 saturated heterocycles. The molecule has 3 aromatic rings. The van der Waals surface area contributed by atoms with Crippen LogP contribution < -0.4 is 4.74 Å². The zero-order chi connectivity index (χ0) is 15.7. The number of alkyl halides is 3. The van der Waals surface area contributed by atoms with Crippen LogP contribution in [0.3, 0.4) is 0 Å². The molecule has 4 nitrogen and oxygen atoms in total. The highest BCUT2D eigenvalue weighted by Gasteiger charge is 2.29. The Bertz CT molecular complexity index is 794. The van der Waals surface area contributed by atoms with E-state index in [0.717, 1.165) is 17.7 Å². The molecule has 0 spiro atoms. The number of nitrogens with zero attached hydrogens (tertiary/aromatic N) is 3. The predicted molar refractivity (Wildman–Crippen MR) is 73.8 cm³/mol. The van der Waals surface area contributed by atoms with Crippen molar-refractivity contribution in [1.82, 2.24) is 14.6 Å². The van der Waals surface area contributed by atoms with Crippen molar-refractivity contribution in [2.24, 2.45) is 0 Å². The van der Waals surface area contributed by atoms with Crippen LogP contribution in [0.5, 0.6) is 5.75 Å². The molecule has 0 N–H and O–H groups in total. The van der Waals surface area contributed by atoms with Gasteiger partial charge in [-0.1, -0.05) is 12.1 Å². The predicted octanol–water partition coefficient (Wildman–Crippen LogP) is 3.35. The van der Waals surface area contributed by atoms with Crippen LogP contribution in [0.4, 0.5) is 13.2 Å². The third-order valence-electron chi connectivity index (χ3n) is 3.33. The summed E-state index contributed by atoms with van der Waals surface area (Å²) in [6.45, 7) is 0. The lowest BCUT2D eigenvalue weighted by Gasteiger charge is -2.07. The summed E-state index contributed by atoms with van der Waals surface area (Å²) in [4.78, 5) is 0. The number of methoxy groups -OCH3 is 1. The molecule has 3 rings (SSSR count). The van der Waals surface area contributed by atoms with Gasteiger partial charge in [0.05, 0.1) is 12.7 Å². The van der Waals surface area contributed by atoms with E-state index in [1.807, 2.05) is 0 Å². The molecule has 7 heteroatoms. The van der Waals surface area contributed by atoms with Crippen molar-refractivity contribution in [1.29, 1.82) is 0 Å². The number of hydrogen-bond donors (Lipinski definition) is 0. The van der Waals surface area contributed by atoms with Gasteiger partial charge >= 0.3 is 6.18 Å². The van der Waals surface area contributed by atoms with Crippen LogP contribution in [0.25, 0.3) is 5.65 Å². The van der Waals surface area contributed by atoms with E-state index in [1.54, 1.807) is 29.8 Å². The molecule has 0 saturated carbocycles. The van der Waals surface area contributed by atoms with Gasteiger partial charge < -0.3 is 4.74 Å². The average Bonchev–Trinajstić information content (AvgIpc) is 2.89. The topological polar surface area (TPSA) is 39.4 Å². The second-order valence-corrected chi connectivity index (χ2v) is 4.78. The van der Waals surface area contributed by atoms with Crippen LogP contribution in [0.1, 0.15) is 17.0 Å². The maximum atomic E-state index is 12.5. The highest BCUT2D eigenvalue weighted by atomic mass is 19.4. The maximum absolute atomic E-state index is 12.5. The lowest BCUT2D eigenvalue weighted by atomic mass is 10.1. The highest BCUT2D eigenvalue weighted by Crippen LogP contribution is 2.29. The molecule has 2 aromatic heterocycles. The Labute approximate surface area is 124 Å². The SMILES string of the molecule is COc1ccn2c(Cc3ccc(C(F)(F)F)cc3)nnc2c1. The molecular weight excluding hydrogens is 295 g/mol.